The van der Waals surface area contributed by atoms with E-state index < -0.39 is 5.54 Å². The molecule has 1 rings (SSSR count). The Hall–Kier alpha value is -0.960. The molecule has 0 unspecified atom stereocenters. The second-order valence-corrected chi connectivity index (χ2v) is 5.24. The smallest absolute Gasteiger partial charge is 0.133 e. The number of nitrogens with zero attached hydrogens (tertiary/aromatic N) is 2. The maximum absolute atomic E-state index is 5.98. The average Bonchev–Trinajstić information content (AvgIpc) is 2.01. The van der Waals surface area contributed by atoms with Crippen molar-refractivity contribution in [1.82, 2.24) is 9.97 Å². The molecule has 3 heteroatoms. The lowest BCUT2D eigenvalue weighted by Crippen LogP contribution is -2.31. The molecule has 0 bridgehead atoms. The number of rotatable bonds is 1. The van der Waals surface area contributed by atoms with Crippen molar-refractivity contribution < 1.29 is 0 Å². The number of aromatic nitrogens is 2. The second-order valence-electron chi connectivity index (χ2n) is 5.24. The first-order chi connectivity index (χ1) is 6.21. The fraction of sp³-hybridized carbons (Fsp3) is 0.636. The number of hydrogen-bond donors (Lipinski definition) is 1. The molecule has 0 atom stereocenters. The minimum Gasteiger partial charge on any atom is -0.321 e. The Labute approximate surface area is 85.8 Å². The highest BCUT2D eigenvalue weighted by Crippen LogP contribution is 2.20. The fourth-order valence-corrected chi connectivity index (χ4v) is 1.08. The van der Waals surface area contributed by atoms with Crippen LogP contribution in [0.25, 0.3) is 0 Å². The lowest BCUT2D eigenvalue weighted by atomic mass is 9.94. The van der Waals surface area contributed by atoms with Gasteiger partial charge < -0.3 is 5.73 Å². The van der Waals surface area contributed by atoms with Gasteiger partial charge in [0.05, 0.1) is 11.2 Å². The fourth-order valence-electron chi connectivity index (χ4n) is 1.08. The monoisotopic (exact) mass is 193 g/mol. The average molecular weight is 193 g/mol. The summed E-state index contributed by atoms with van der Waals surface area (Å²) in [6, 6.07) is 1.87. The molecule has 1 heterocycles. The molecular formula is C11H19N3. The highest BCUT2D eigenvalue weighted by molar-refractivity contribution is 5.14. The second kappa shape index (κ2) is 3.31. The maximum atomic E-state index is 5.98. The molecule has 0 radical (unpaired) electrons. The van der Waals surface area contributed by atoms with Gasteiger partial charge in [-0.1, -0.05) is 20.8 Å². The lowest BCUT2D eigenvalue weighted by Gasteiger charge is -2.22. The SMILES string of the molecule is CC(C)(C)c1nccc(C(C)(C)N)n1. The molecule has 0 aliphatic rings. The van der Waals surface area contributed by atoms with Gasteiger partial charge in [0, 0.05) is 11.6 Å². The van der Waals surface area contributed by atoms with Crippen molar-refractivity contribution in [2.75, 3.05) is 0 Å². The summed E-state index contributed by atoms with van der Waals surface area (Å²) in [7, 11) is 0. The lowest BCUT2D eigenvalue weighted by molar-refractivity contribution is 0.499. The Bertz CT molecular complexity index is 289. The van der Waals surface area contributed by atoms with Crippen molar-refractivity contribution in [3.63, 3.8) is 0 Å². The molecule has 0 fully saturated rings. The van der Waals surface area contributed by atoms with Crippen molar-refractivity contribution in [3.8, 4) is 0 Å². The quantitative estimate of drug-likeness (QED) is 0.742. The first kappa shape index (κ1) is 11.1. The standard InChI is InChI=1S/C11H19N3/c1-10(2,3)9-13-7-6-8(14-9)11(4,5)12/h6-7H,12H2,1-5H3. The van der Waals surface area contributed by atoms with Gasteiger partial charge in [0.25, 0.3) is 0 Å². The third-order valence-corrected chi connectivity index (χ3v) is 1.99. The normalized spacial score (nSPS) is 13.0. The largest absolute Gasteiger partial charge is 0.321 e. The van der Waals surface area contributed by atoms with Crippen LogP contribution in [0.5, 0.6) is 0 Å². The van der Waals surface area contributed by atoms with Crippen LogP contribution in [-0.4, -0.2) is 9.97 Å². The van der Waals surface area contributed by atoms with Gasteiger partial charge in [0.15, 0.2) is 0 Å². The van der Waals surface area contributed by atoms with Gasteiger partial charge in [-0.15, -0.1) is 0 Å². The van der Waals surface area contributed by atoms with Crippen LogP contribution in [0.15, 0.2) is 12.3 Å². The predicted molar refractivity (Wildman–Crippen MR) is 57.9 cm³/mol. The van der Waals surface area contributed by atoms with Crippen molar-refractivity contribution >= 4 is 0 Å². The van der Waals surface area contributed by atoms with Crippen LogP contribution in [0.1, 0.15) is 46.1 Å². The summed E-state index contributed by atoms with van der Waals surface area (Å²) in [6.07, 6.45) is 1.78. The number of hydrogen-bond acceptors (Lipinski definition) is 3. The Morgan fingerprint density at radius 2 is 1.71 bits per heavy atom. The van der Waals surface area contributed by atoms with E-state index in [1.165, 1.54) is 0 Å². The van der Waals surface area contributed by atoms with Gasteiger partial charge in [0.1, 0.15) is 5.82 Å². The minimum atomic E-state index is -0.400. The molecule has 0 spiro atoms. The highest BCUT2D eigenvalue weighted by atomic mass is 14.9. The topological polar surface area (TPSA) is 51.8 Å². The first-order valence-corrected chi connectivity index (χ1v) is 4.84. The molecule has 14 heavy (non-hydrogen) atoms. The van der Waals surface area contributed by atoms with E-state index in [9.17, 15) is 0 Å². The van der Waals surface area contributed by atoms with E-state index in [4.69, 9.17) is 5.73 Å². The summed E-state index contributed by atoms with van der Waals surface area (Å²) in [5.41, 5.74) is 6.44. The number of nitrogens with two attached hydrogens (primary N) is 1. The van der Waals surface area contributed by atoms with E-state index in [1.807, 2.05) is 19.9 Å². The first-order valence-electron chi connectivity index (χ1n) is 4.84. The van der Waals surface area contributed by atoms with Gasteiger partial charge in [-0.2, -0.15) is 0 Å². The van der Waals surface area contributed by atoms with E-state index in [2.05, 4.69) is 30.7 Å². The zero-order valence-electron chi connectivity index (χ0n) is 9.63. The molecule has 0 aliphatic carbocycles. The van der Waals surface area contributed by atoms with Gasteiger partial charge in [-0.3, -0.25) is 0 Å². The summed E-state index contributed by atoms with van der Waals surface area (Å²) in [5, 5.41) is 0. The van der Waals surface area contributed by atoms with Crippen LogP contribution in [0.4, 0.5) is 0 Å². The van der Waals surface area contributed by atoms with Crippen molar-refractivity contribution in [2.24, 2.45) is 5.73 Å². The van der Waals surface area contributed by atoms with Gasteiger partial charge >= 0.3 is 0 Å². The molecule has 0 aliphatic heterocycles. The van der Waals surface area contributed by atoms with Crippen LogP contribution in [0.2, 0.25) is 0 Å². The van der Waals surface area contributed by atoms with Gasteiger partial charge in [-0.25, -0.2) is 9.97 Å². The molecule has 0 saturated carbocycles. The Kier molecular flexibility index (Phi) is 2.63. The molecule has 1 aromatic rings. The summed E-state index contributed by atoms with van der Waals surface area (Å²) in [4.78, 5) is 8.74. The van der Waals surface area contributed by atoms with Crippen LogP contribution >= 0.6 is 0 Å². The summed E-state index contributed by atoms with van der Waals surface area (Å²) in [6.45, 7) is 10.2. The van der Waals surface area contributed by atoms with Crippen LogP contribution in [-0.2, 0) is 11.0 Å². The van der Waals surface area contributed by atoms with E-state index >= 15 is 0 Å². The molecule has 0 saturated heterocycles. The Morgan fingerprint density at radius 3 is 2.14 bits per heavy atom. The molecule has 78 valence electrons. The molecule has 0 aromatic carbocycles. The minimum absolute atomic E-state index is 0.0265. The van der Waals surface area contributed by atoms with E-state index in [-0.39, 0.29) is 5.41 Å². The third-order valence-electron chi connectivity index (χ3n) is 1.99. The molecule has 1 aromatic heterocycles. The van der Waals surface area contributed by atoms with Crippen molar-refractivity contribution in [1.29, 1.82) is 0 Å². The third kappa shape index (κ3) is 2.51. The van der Waals surface area contributed by atoms with E-state index in [0.717, 1.165) is 11.5 Å². The van der Waals surface area contributed by atoms with Crippen LogP contribution in [0.3, 0.4) is 0 Å². The van der Waals surface area contributed by atoms with Crippen LogP contribution in [0, 0.1) is 0 Å². The Morgan fingerprint density at radius 1 is 1.14 bits per heavy atom. The zero-order chi connectivity index (χ0) is 11.0. The van der Waals surface area contributed by atoms with Gasteiger partial charge in [-0.05, 0) is 19.9 Å². The van der Waals surface area contributed by atoms with Crippen molar-refractivity contribution in [2.45, 2.75) is 45.6 Å². The predicted octanol–water partition coefficient (Wildman–Crippen LogP) is 1.97. The Balaban J connectivity index is 3.15. The molecule has 0 amide bonds. The van der Waals surface area contributed by atoms with E-state index in [1.54, 1.807) is 6.20 Å². The van der Waals surface area contributed by atoms with E-state index in [0.29, 0.717) is 0 Å². The zero-order valence-corrected chi connectivity index (χ0v) is 9.63. The summed E-state index contributed by atoms with van der Waals surface area (Å²) >= 11 is 0. The summed E-state index contributed by atoms with van der Waals surface area (Å²) < 4.78 is 0. The summed E-state index contributed by atoms with van der Waals surface area (Å²) in [5.74, 6) is 0.841. The molecular weight excluding hydrogens is 174 g/mol. The molecule has 3 nitrogen and oxygen atoms in total. The van der Waals surface area contributed by atoms with Crippen LogP contribution < -0.4 is 5.73 Å². The maximum Gasteiger partial charge on any atom is 0.133 e. The van der Waals surface area contributed by atoms with Crippen molar-refractivity contribution in [3.05, 3.63) is 23.8 Å². The molecule has 2 N–H and O–H groups in total. The highest BCUT2D eigenvalue weighted by Gasteiger charge is 2.21. The van der Waals surface area contributed by atoms with Gasteiger partial charge in [0.2, 0.25) is 0 Å².